The monoisotopic (exact) mass is 348 g/mol. The number of nitrogens with zero attached hydrogens (tertiary/aromatic N) is 5. The third-order valence-electron chi connectivity index (χ3n) is 4.43. The molecule has 2 atom stereocenters. The molecule has 1 aromatic carbocycles. The predicted octanol–water partition coefficient (Wildman–Crippen LogP) is 3.10. The smallest absolute Gasteiger partial charge is 0.251 e. The second-order valence-electron chi connectivity index (χ2n) is 6.60. The molecule has 2 aromatic rings. The maximum absolute atomic E-state index is 6.20. The second kappa shape index (κ2) is 7.47. The van der Waals surface area contributed by atoms with Crippen LogP contribution in [0.15, 0.2) is 52.6 Å². The summed E-state index contributed by atoms with van der Waals surface area (Å²) in [5.41, 5.74) is 9.86. The summed E-state index contributed by atoms with van der Waals surface area (Å²) in [7, 11) is 2.03. The van der Waals surface area contributed by atoms with Crippen LogP contribution < -0.4 is 5.73 Å². The first-order valence-electron chi connectivity index (χ1n) is 8.60. The molecule has 26 heavy (non-hydrogen) atoms. The van der Waals surface area contributed by atoms with Gasteiger partial charge in [0.2, 0.25) is 0 Å². The van der Waals surface area contributed by atoms with Crippen LogP contribution >= 0.6 is 0 Å². The number of benzene rings is 1. The summed E-state index contributed by atoms with van der Waals surface area (Å²) >= 11 is 0. The van der Waals surface area contributed by atoms with Gasteiger partial charge < -0.3 is 10.6 Å². The van der Waals surface area contributed by atoms with Crippen LogP contribution in [0.3, 0.4) is 0 Å². The van der Waals surface area contributed by atoms with Crippen molar-refractivity contribution in [3.8, 4) is 0 Å². The molecule has 1 aliphatic carbocycles. The van der Waals surface area contributed by atoms with Crippen molar-refractivity contribution >= 4 is 24.2 Å². The van der Waals surface area contributed by atoms with E-state index < -0.39 is 0 Å². The first-order valence-corrected chi connectivity index (χ1v) is 8.60. The maximum Gasteiger partial charge on any atom is 0.251 e. The zero-order valence-electron chi connectivity index (χ0n) is 15.4. The SMILES string of the molecule is C=N/C(=C\N(C)C1CC1/C(N)=N/c1nc(C)cc(C)n1)c1ccccc1. The van der Waals surface area contributed by atoms with Crippen molar-refractivity contribution in [2.75, 3.05) is 7.05 Å². The third kappa shape index (κ3) is 4.14. The Bertz CT molecular complexity index is 836. The van der Waals surface area contributed by atoms with Crippen LogP contribution in [0, 0.1) is 19.8 Å². The predicted molar refractivity (Wildman–Crippen MR) is 106 cm³/mol. The molecule has 0 bridgehead atoms. The summed E-state index contributed by atoms with van der Waals surface area (Å²) in [5.74, 6) is 1.21. The summed E-state index contributed by atoms with van der Waals surface area (Å²) in [4.78, 5) is 19.4. The molecule has 0 saturated heterocycles. The standard InChI is InChI=1S/C20H24N6/c1-13-10-14(2)24-20(23-13)25-19(21)16-11-18(16)26(4)12-17(22-3)15-8-6-5-7-9-15/h5-10,12,16,18H,3,11H2,1-2,4H3,(H2,21,23,24,25)/b17-12-. The van der Waals surface area contributed by atoms with Crippen LogP contribution in [0.2, 0.25) is 0 Å². The Morgan fingerprint density at radius 2 is 1.88 bits per heavy atom. The van der Waals surface area contributed by atoms with Gasteiger partial charge >= 0.3 is 0 Å². The minimum absolute atomic E-state index is 0.197. The lowest BCUT2D eigenvalue weighted by Gasteiger charge is -2.15. The minimum atomic E-state index is 0.197. The molecule has 0 aliphatic heterocycles. The van der Waals surface area contributed by atoms with Crippen LogP contribution in [-0.2, 0) is 0 Å². The van der Waals surface area contributed by atoms with Crippen molar-refractivity contribution in [1.82, 2.24) is 14.9 Å². The summed E-state index contributed by atoms with van der Waals surface area (Å²) in [6.45, 7) is 7.54. The molecule has 1 saturated carbocycles. The highest BCUT2D eigenvalue weighted by Gasteiger charge is 2.42. The lowest BCUT2D eigenvalue weighted by Crippen LogP contribution is -2.23. The van der Waals surface area contributed by atoms with Crippen molar-refractivity contribution in [2.45, 2.75) is 26.3 Å². The molecular formula is C20H24N6. The van der Waals surface area contributed by atoms with Crippen molar-refractivity contribution in [3.05, 3.63) is 59.5 Å². The Morgan fingerprint density at radius 3 is 2.50 bits per heavy atom. The molecule has 0 spiro atoms. The largest absolute Gasteiger partial charge is 0.387 e. The van der Waals surface area contributed by atoms with Gasteiger partial charge in [-0.1, -0.05) is 30.3 Å². The van der Waals surface area contributed by atoms with Crippen molar-refractivity contribution < 1.29 is 0 Å². The molecule has 2 unspecified atom stereocenters. The average Bonchev–Trinajstić information content (AvgIpc) is 3.40. The molecule has 1 heterocycles. The highest BCUT2D eigenvalue weighted by molar-refractivity contribution is 5.88. The van der Waals surface area contributed by atoms with Gasteiger partial charge in [-0.2, -0.15) is 4.99 Å². The van der Waals surface area contributed by atoms with Crippen molar-refractivity contribution in [3.63, 3.8) is 0 Å². The highest BCUT2D eigenvalue weighted by atomic mass is 15.2. The van der Waals surface area contributed by atoms with Crippen molar-refractivity contribution in [1.29, 1.82) is 0 Å². The van der Waals surface area contributed by atoms with E-state index in [1.807, 2.05) is 63.5 Å². The van der Waals surface area contributed by atoms with Crippen LogP contribution in [0.4, 0.5) is 5.95 Å². The van der Waals surface area contributed by atoms with Gasteiger partial charge in [-0.3, -0.25) is 4.99 Å². The Kier molecular flexibility index (Phi) is 5.11. The minimum Gasteiger partial charge on any atom is -0.387 e. The number of aliphatic imine (C=N–C) groups is 2. The van der Waals surface area contributed by atoms with Gasteiger partial charge in [-0.05, 0) is 33.1 Å². The van der Waals surface area contributed by atoms with E-state index in [2.05, 4.69) is 31.6 Å². The third-order valence-corrected chi connectivity index (χ3v) is 4.43. The molecule has 1 aromatic heterocycles. The van der Waals surface area contributed by atoms with Gasteiger partial charge in [-0.25, -0.2) is 9.97 Å². The van der Waals surface area contributed by atoms with E-state index in [-0.39, 0.29) is 5.92 Å². The van der Waals surface area contributed by atoms with Crippen LogP contribution in [0.1, 0.15) is 23.4 Å². The molecule has 3 rings (SSSR count). The lowest BCUT2D eigenvalue weighted by atomic mass is 10.2. The van der Waals surface area contributed by atoms with Crippen LogP contribution in [-0.4, -0.2) is 40.5 Å². The molecule has 6 heteroatoms. The second-order valence-corrected chi connectivity index (χ2v) is 6.60. The molecule has 1 aliphatic rings. The highest BCUT2D eigenvalue weighted by Crippen LogP contribution is 2.36. The van der Waals surface area contributed by atoms with Gasteiger partial charge in [0.15, 0.2) is 0 Å². The first kappa shape index (κ1) is 17.8. The summed E-state index contributed by atoms with van der Waals surface area (Å²) in [5, 5.41) is 0. The molecule has 0 radical (unpaired) electrons. The molecule has 2 N–H and O–H groups in total. The first-order chi connectivity index (χ1) is 12.5. The van der Waals surface area contributed by atoms with Crippen molar-refractivity contribution in [2.24, 2.45) is 21.6 Å². The van der Waals surface area contributed by atoms with Gasteiger partial charge in [0.05, 0.1) is 5.70 Å². The average molecular weight is 348 g/mol. The van der Waals surface area contributed by atoms with Gasteiger partial charge in [-0.15, -0.1) is 0 Å². The van der Waals surface area contributed by atoms with E-state index in [9.17, 15) is 0 Å². The number of nitrogens with two attached hydrogens (primary N) is 1. The Hall–Kier alpha value is -3.02. The zero-order valence-corrected chi connectivity index (χ0v) is 15.4. The molecule has 0 amide bonds. The van der Waals surface area contributed by atoms with E-state index in [0.717, 1.165) is 29.1 Å². The number of rotatable bonds is 6. The fourth-order valence-electron chi connectivity index (χ4n) is 3.01. The lowest BCUT2D eigenvalue weighted by molar-refractivity contribution is 0.438. The molecule has 1 fully saturated rings. The molecule has 6 nitrogen and oxygen atoms in total. The fourth-order valence-corrected chi connectivity index (χ4v) is 3.01. The fraction of sp³-hybridized carbons (Fsp3) is 0.300. The van der Waals surface area contributed by atoms with E-state index >= 15 is 0 Å². The Balaban J connectivity index is 1.71. The zero-order chi connectivity index (χ0) is 18.7. The number of hydrogen-bond acceptors (Lipinski definition) is 5. The van der Waals surface area contributed by atoms with Crippen LogP contribution in [0.5, 0.6) is 0 Å². The number of amidine groups is 1. The van der Waals surface area contributed by atoms with Gasteiger partial charge in [0.1, 0.15) is 5.84 Å². The van der Waals surface area contributed by atoms with E-state index in [1.165, 1.54) is 0 Å². The number of aryl methyl sites for hydroxylation is 2. The van der Waals surface area contributed by atoms with E-state index in [1.54, 1.807) is 0 Å². The number of aromatic nitrogens is 2. The van der Waals surface area contributed by atoms with E-state index in [0.29, 0.717) is 17.8 Å². The topological polar surface area (TPSA) is 79.8 Å². The molecule has 134 valence electrons. The summed E-state index contributed by atoms with van der Waals surface area (Å²) in [6, 6.07) is 12.2. The quantitative estimate of drug-likeness (QED) is 0.642. The normalized spacial score (nSPS) is 20.0. The van der Waals surface area contributed by atoms with Gasteiger partial charge in [0, 0.05) is 42.2 Å². The van der Waals surface area contributed by atoms with E-state index in [4.69, 9.17) is 5.73 Å². The van der Waals surface area contributed by atoms with Gasteiger partial charge in [0.25, 0.3) is 5.95 Å². The summed E-state index contributed by atoms with van der Waals surface area (Å²) in [6.07, 6.45) is 2.96. The van der Waals surface area contributed by atoms with Crippen LogP contribution in [0.25, 0.3) is 5.70 Å². The maximum atomic E-state index is 6.20. The Labute approximate surface area is 154 Å². The number of hydrogen-bond donors (Lipinski definition) is 1. The Morgan fingerprint density at radius 1 is 1.23 bits per heavy atom. The summed E-state index contributed by atoms with van der Waals surface area (Å²) < 4.78 is 0. The molecular weight excluding hydrogens is 324 g/mol.